The summed E-state index contributed by atoms with van der Waals surface area (Å²) in [6.07, 6.45) is 6.40. The Labute approximate surface area is 114 Å². The van der Waals surface area contributed by atoms with E-state index in [2.05, 4.69) is 24.1 Å². The average molecular weight is 259 g/mol. The predicted molar refractivity (Wildman–Crippen MR) is 77.5 cm³/mol. The van der Waals surface area contributed by atoms with Crippen LogP contribution < -0.4 is 5.32 Å². The predicted octanol–water partition coefficient (Wildman–Crippen LogP) is 2.69. The van der Waals surface area contributed by atoms with Crippen molar-refractivity contribution < 1.29 is 5.11 Å². The highest BCUT2D eigenvalue weighted by atomic mass is 16.3. The summed E-state index contributed by atoms with van der Waals surface area (Å²) in [5, 5.41) is 12.9. The molecule has 1 unspecified atom stereocenters. The van der Waals surface area contributed by atoms with E-state index in [0.717, 1.165) is 24.3 Å². The SMILES string of the molecule is CCC(C)(CO)CNc1ccccc1-n1ccnc1. The summed E-state index contributed by atoms with van der Waals surface area (Å²) < 4.78 is 1.98. The Morgan fingerprint density at radius 3 is 2.79 bits per heavy atom. The molecular weight excluding hydrogens is 238 g/mol. The van der Waals surface area contributed by atoms with E-state index in [1.807, 2.05) is 35.0 Å². The number of rotatable bonds is 6. The summed E-state index contributed by atoms with van der Waals surface area (Å²) in [7, 11) is 0. The average Bonchev–Trinajstić information content (AvgIpc) is 2.99. The molecule has 0 aliphatic rings. The molecule has 4 nitrogen and oxygen atoms in total. The molecule has 2 rings (SSSR count). The zero-order valence-electron chi connectivity index (χ0n) is 11.5. The zero-order valence-corrected chi connectivity index (χ0v) is 11.5. The maximum atomic E-state index is 9.46. The van der Waals surface area contributed by atoms with E-state index in [0.29, 0.717) is 0 Å². The Bertz CT molecular complexity index is 504. The highest BCUT2D eigenvalue weighted by molar-refractivity contribution is 5.61. The third-order valence-corrected chi connectivity index (χ3v) is 3.63. The van der Waals surface area contributed by atoms with E-state index in [-0.39, 0.29) is 12.0 Å². The van der Waals surface area contributed by atoms with Gasteiger partial charge < -0.3 is 15.0 Å². The highest BCUT2D eigenvalue weighted by Crippen LogP contribution is 2.24. The number of benzene rings is 1. The van der Waals surface area contributed by atoms with Gasteiger partial charge >= 0.3 is 0 Å². The zero-order chi connectivity index (χ0) is 13.7. The summed E-state index contributed by atoms with van der Waals surface area (Å²) in [5.74, 6) is 0. The molecule has 0 saturated carbocycles. The maximum absolute atomic E-state index is 9.46. The first kappa shape index (κ1) is 13.6. The van der Waals surface area contributed by atoms with Gasteiger partial charge in [0.05, 0.1) is 24.3 Å². The van der Waals surface area contributed by atoms with Gasteiger partial charge in [0.2, 0.25) is 0 Å². The minimum atomic E-state index is -0.0952. The molecule has 0 radical (unpaired) electrons. The first-order valence-corrected chi connectivity index (χ1v) is 6.60. The molecule has 4 heteroatoms. The number of hydrogen-bond acceptors (Lipinski definition) is 3. The molecule has 1 aromatic heterocycles. The van der Waals surface area contributed by atoms with Crippen LogP contribution in [0.3, 0.4) is 0 Å². The lowest BCUT2D eigenvalue weighted by molar-refractivity contribution is 0.149. The Hall–Kier alpha value is -1.81. The van der Waals surface area contributed by atoms with Crippen molar-refractivity contribution in [3.63, 3.8) is 0 Å². The van der Waals surface area contributed by atoms with Crippen LogP contribution in [0.1, 0.15) is 20.3 Å². The largest absolute Gasteiger partial charge is 0.396 e. The number of hydrogen-bond donors (Lipinski definition) is 2. The lowest BCUT2D eigenvalue weighted by atomic mass is 9.88. The first-order valence-electron chi connectivity index (χ1n) is 6.60. The standard InChI is InChI=1S/C15H21N3O/c1-3-15(2,11-19)10-17-13-6-4-5-7-14(13)18-9-8-16-12-18/h4-9,12,17,19H,3,10-11H2,1-2H3. The van der Waals surface area contributed by atoms with Crippen LogP contribution in [0, 0.1) is 5.41 Å². The number of anilines is 1. The van der Waals surface area contributed by atoms with Gasteiger partial charge in [0, 0.05) is 24.4 Å². The fourth-order valence-electron chi connectivity index (χ4n) is 1.85. The molecule has 0 aliphatic heterocycles. The third-order valence-electron chi connectivity index (χ3n) is 3.63. The van der Waals surface area contributed by atoms with E-state index < -0.39 is 0 Å². The Balaban J connectivity index is 2.17. The van der Waals surface area contributed by atoms with E-state index in [1.165, 1.54) is 0 Å². The Kier molecular flexibility index (Phi) is 4.22. The second-order valence-electron chi connectivity index (χ2n) is 5.16. The third kappa shape index (κ3) is 3.15. The molecule has 1 heterocycles. The number of para-hydroxylation sites is 2. The molecule has 0 aliphatic carbocycles. The number of aliphatic hydroxyl groups excluding tert-OH is 1. The van der Waals surface area contributed by atoms with Crippen LogP contribution >= 0.6 is 0 Å². The fourth-order valence-corrected chi connectivity index (χ4v) is 1.85. The lowest BCUT2D eigenvalue weighted by Gasteiger charge is -2.27. The number of nitrogens with one attached hydrogen (secondary N) is 1. The molecule has 102 valence electrons. The molecule has 0 bridgehead atoms. The molecule has 2 N–H and O–H groups in total. The van der Waals surface area contributed by atoms with Gasteiger partial charge in [0.15, 0.2) is 0 Å². The van der Waals surface area contributed by atoms with Crippen LogP contribution in [0.4, 0.5) is 5.69 Å². The number of imidazole rings is 1. The quantitative estimate of drug-likeness (QED) is 0.838. The monoisotopic (exact) mass is 259 g/mol. The summed E-state index contributed by atoms with van der Waals surface area (Å²) in [5.41, 5.74) is 2.02. The normalized spacial score (nSPS) is 14.1. The fraction of sp³-hybridized carbons (Fsp3) is 0.400. The number of aliphatic hydroxyl groups is 1. The topological polar surface area (TPSA) is 50.1 Å². The van der Waals surface area contributed by atoms with Crippen LogP contribution in [0.25, 0.3) is 5.69 Å². The Morgan fingerprint density at radius 1 is 1.37 bits per heavy atom. The minimum absolute atomic E-state index is 0.0952. The van der Waals surface area contributed by atoms with Gasteiger partial charge in [-0.15, -0.1) is 0 Å². The van der Waals surface area contributed by atoms with Gasteiger partial charge in [-0.2, -0.15) is 0 Å². The van der Waals surface area contributed by atoms with Crippen molar-refractivity contribution in [1.29, 1.82) is 0 Å². The van der Waals surface area contributed by atoms with Crippen LogP contribution in [0.15, 0.2) is 43.0 Å². The van der Waals surface area contributed by atoms with E-state index in [1.54, 1.807) is 12.5 Å². The van der Waals surface area contributed by atoms with Gasteiger partial charge in [-0.1, -0.05) is 26.0 Å². The van der Waals surface area contributed by atoms with Gasteiger partial charge in [0.25, 0.3) is 0 Å². The van der Waals surface area contributed by atoms with Crippen LogP contribution in [-0.4, -0.2) is 27.8 Å². The number of aromatic nitrogens is 2. The van der Waals surface area contributed by atoms with Crippen molar-refractivity contribution in [2.75, 3.05) is 18.5 Å². The summed E-state index contributed by atoms with van der Waals surface area (Å²) in [6, 6.07) is 8.10. The minimum Gasteiger partial charge on any atom is -0.396 e. The smallest absolute Gasteiger partial charge is 0.0992 e. The summed E-state index contributed by atoms with van der Waals surface area (Å²) in [6.45, 7) is 5.11. The number of nitrogens with zero attached hydrogens (tertiary/aromatic N) is 2. The van der Waals surface area contributed by atoms with E-state index >= 15 is 0 Å². The van der Waals surface area contributed by atoms with Crippen molar-refractivity contribution in [3.8, 4) is 5.69 Å². The van der Waals surface area contributed by atoms with Crippen molar-refractivity contribution in [2.45, 2.75) is 20.3 Å². The van der Waals surface area contributed by atoms with Crippen LogP contribution in [-0.2, 0) is 0 Å². The Morgan fingerprint density at radius 2 is 2.16 bits per heavy atom. The molecular formula is C15H21N3O. The molecule has 19 heavy (non-hydrogen) atoms. The molecule has 1 atom stereocenters. The van der Waals surface area contributed by atoms with Crippen molar-refractivity contribution in [3.05, 3.63) is 43.0 Å². The molecule has 0 spiro atoms. The molecule has 0 fully saturated rings. The van der Waals surface area contributed by atoms with E-state index in [9.17, 15) is 5.11 Å². The first-order chi connectivity index (χ1) is 9.18. The van der Waals surface area contributed by atoms with Gasteiger partial charge in [0.1, 0.15) is 0 Å². The highest BCUT2D eigenvalue weighted by Gasteiger charge is 2.21. The van der Waals surface area contributed by atoms with Crippen LogP contribution in [0.5, 0.6) is 0 Å². The summed E-state index contributed by atoms with van der Waals surface area (Å²) >= 11 is 0. The molecule has 2 aromatic rings. The second kappa shape index (κ2) is 5.89. The van der Waals surface area contributed by atoms with Crippen molar-refractivity contribution >= 4 is 5.69 Å². The van der Waals surface area contributed by atoms with Gasteiger partial charge in [-0.3, -0.25) is 0 Å². The molecule has 0 amide bonds. The van der Waals surface area contributed by atoms with Crippen LogP contribution in [0.2, 0.25) is 0 Å². The second-order valence-corrected chi connectivity index (χ2v) is 5.16. The van der Waals surface area contributed by atoms with Crippen molar-refractivity contribution in [1.82, 2.24) is 9.55 Å². The molecule has 1 aromatic carbocycles. The van der Waals surface area contributed by atoms with E-state index in [4.69, 9.17) is 0 Å². The van der Waals surface area contributed by atoms with Gasteiger partial charge in [-0.25, -0.2) is 4.98 Å². The maximum Gasteiger partial charge on any atom is 0.0992 e. The molecule has 0 saturated heterocycles. The summed E-state index contributed by atoms with van der Waals surface area (Å²) in [4.78, 5) is 4.08. The lowest BCUT2D eigenvalue weighted by Crippen LogP contribution is -2.29. The van der Waals surface area contributed by atoms with Crippen molar-refractivity contribution in [2.24, 2.45) is 5.41 Å². The van der Waals surface area contributed by atoms with Gasteiger partial charge in [-0.05, 0) is 18.6 Å².